The van der Waals surface area contributed by atoms with Gasteiger partial charge < -0.3 is 20.1 Å². The molecule has 3 fully saturated rings. The molecule has 7 atom stereocenters. The number of ketones is 1. The Bertz CT molecular complexity index is 674. The second-order valence-corrected chi connectivity index (χ2v) is 10.0. The molecule has 3 saturated carbocycles. The first-order valence-electron chi connectivity index (χ1n) is 10.5. The summed E-state index contributed by atoms with van der Waals surface area (Å²) in [5, 5.41) is 33.4. The van der Waals surface area contributed by atoms with Crippen molar-refractivity contribution in [1.29, 1.82) is 0 Å². The van der Waals surface area contributed by atoms with Crippen molar-refractivity contribution in [3.8, 4) is 0 Å². The fourth-order valence-corrected chi connectivity index (χ4v) is 7.32. The van der Waals surface area contributed by atoms with Crippen LogP contribution in [0.1, 0.15) is 65.2 Å². The summed E-state index contributed by atoms with van der Waals surface area (Å²) in [6.07, 6.45) is 7.55. The lowest BCUT2D eigenvalue weighted by molar-refractivity contribution is -0.215. The van der Waals surface area contributed by atoms with E-state index < -0.39 is 16.6 Å². The van der Waals surface area contributed by atoms with E-state index in [0.29, 0.717) is 25.2 Å². The molecule has 0 unspecified atom stereocenters. The van der Waals surface area contributed by atoms with Crippen LogP contribution in [-0.4, -0.2) is 52.1 Å². The maximum absolute atomic E-state index is 12.7. The van der Waals surface area contributed by atoms with E-state index in [1.165, 1.54) is 12.7 Å². The largest absolute Gasteiger partial charge is 0.393 e. The number of Topliss-reactive ketones (excluding diaryl/α,β-unsaturated/α-hetero) is 1. The Morgan fingerprint density at radius 1 is 1.15 bits per heavy atom. The molecule has 152 valence electrons. The van der Waals surface area contributed by atoms with Gasteiger partial charge in [-0.15, -0.1) is 0 Å². The van der Waals surface area contributed by atoms with Crippen molar-refractivity contribution in [2.45, 2.75) is 82.5 Å². The first-order chi connectivity index (χ1) is 12.6. The summed E-state index contributed by atoms with van der Waals surface area (Å²) in [7, 11) is 1.47. The number of fused-ring (bicyclic) bond motifs is 5. The molecule has 27 heavy (non-hydrogen) atoms. The Morgan fingerprint density at radius 3 is 2.59 bits per heavy atom. The molecule has 0 amide bonds. The van der Waals surface area contributed by atoms with Gasteiger partial charge in [0.05, 0.1) is 11.7 Å². The van der Waals surface area contributed by atoms with Gasteiger partial charge in [0.1, 0.15) is 12.2 Å². The maximum atomic E-state index is 12.7. The average molecular weight is 379 g/mol. The second kappa shape index (κ2) is 6.12. The monoisotopic (exact) mass is 378 g/mol. The van der Waals surface area contributed by atoms with Gasteiger partial charge in [0.25, 0.3) is 0 Å². The number of rotatable bonds is 3. The third-order valence-corrected chi connectivity index (χ3v) is 9.15. The van der Waals surface area contributed by atoms with Crippen LogP contribution in [-0.2, 0) is 9.53 Å². The lowest BCUT2D eigenvalue weighted by Crippen LogP contribution is -2.66. The number of ether oxygens (including phenoxy) is 1. The second-order valence-electron chi connectivity index (χ2n) is 10.0. The van der Waals surface area contributed by atoms with Gasteiger partial charge in [-0.05, 0) is 68.6 Å². The van der Waals surface area contributed by atoms with Crippen molar-refractivity contribution in [3.05, 3.63) is 11.6 Å². The van der Waals surface area contributed by atoms with Crippen molar-refractivity contribution in [2.24, 2.45) is 22.7 Å². The molecule has 4 aliphatic carbocycles. The topological polar surface area (TPSA) is 87.0 Å². The number of methoxy groups -OCH3 is 1. The highest BCUT2D eigenvalue weighted by Gasteiger charge is 2.72. The van der Waals surface area contributed by atoms with Crippen LogP contribution >= 0.6 is 0 Å². The summed E-state index contributed by atoms with van der Waals surface area (Å²) in [4.78, 5) is 12.7. The predicted molar refractivity (Wildman–Crippen MR) is 101 cm³/mol. The molecular formula is C22H34O5. The predicted octanol–water partition coefficient (Wildman–Crippen LogP) is 2.37. The normalized spacial score (nSPS) is 51.8. The zero-order valence-corrected chi connectivity index (χ0v) is 16.8. The maximum Gasteiger partial charge on any atom is 0.190 e. The lowest BCUT2D eigenvalue weighted by Gasteiger charge is -2.61. The van der Waals surface area contributed by atoms with Crippen LogP contribution in [0.3, 0.4) is 0 Å². The summed E-state index contributed by atoms with van der Waals surface area (Å²) in [6, 6.07) is 0. The number of carbonyl (C=O) groups excluding carboxylic acids is 1. The summed E-state index contributed by atoms with van der Waals surface area (Å²) in [5.74, 6) is 0.0773. The lowest BCUT2D eigenvalue weighted by atomic mass is 9.45. The fraction of sp³-hybridized carbons (Fsp3) is 0.864. The molecule has 4 rings (SSSR count). The van der Waals surface area contributed by atoms with E-state index in [1.807, 2.05) is 6.92 Å². The molecule has 0 radical (unpaired) electrons. The third-order valence-electron chi connectivity index (χ3n) is 9.15. The van der Waals surface area contributed by atoms with Gasteiger partial charge in [0.15, 0.2) is 5.78 Å². The highest BCUT2D eigenvalue weighted by molar-refractivity contribution is 5.90. The van der Waals surface area contributed by atoms with Crippen molar-refractivity contribution in [1.82, 2.24) is 0 Å². The number of aliphatic hydroxyl groups excluding tert-OH is 1. The minimum Gasteiger partial charge on any atom is -0.393 e. The number of carbonyl (C=O) groups is 1. The highest BCUT2D eigenvalue weighted by atomic mass is 16.5. The summed E-state index contributed by atoms with van der Waals surface area (Å²) >= 11 is 0. The van der Waals surface area contributed by atoms with Gasteiger partial charge in [-0.25, -0.2) is 0 Å². The molecule has 0 aromatic rings. The zero-order valence-electron chi connectivity index (χ0n) is 16.8. The molecule has 0 bridgehead atoms. The SMILES string of the molecule is COCC(=O)[C@]1(O)CC[C@]2(O)[C@H]3CC=C4C[C@@H](O)CC[C@]4(C)[C@@H]3CC[C@]12C. The van der Waals surface area contributed by atoms with Gasteiger partial charge in [-0.2, -0.15) is 0 Å². The molecule has 5 heteroatoms. The molecule has 0 heterocycles. The van der Waals surface area contributed by atoms with Crippen LogP contribution in [0.2, 0.25) is 0 Å². The van der Waals surface area contributed by atoms with Gasteiger partial charge in [-0.3, -0.25) is 4.79 Å². The van der Waals surface area contributed by atoms with Crippen molar-refractivity contribution in [3.63, 3.8) is 0 Å². The number of hydrogen-bond acceptors (Lipinski definition) is 5. The first-order valence-corrected chi connectivity index (χ1v) is 10.5. The van der Waals surface area contributed by atoms with E-state index in [1.54, 1.807) is 0 Å². The van der Waals surface area contributed by atoms with E-state index in [4.69, 9.17) is 4.74 Å². The molecule has 5 nitrogen and oxygen atoms in total. The van der Waals surface area contributed by atoms with Crippen LogP contribution in [0.5, 0.6) is 0 Å². The molecule has 4 aliphatic rings. The Balaban J connectivity index is 1.71. The molecule has 0 aliphatic heterocycles. The Kier molecular flexibility index (Phi) is 4.44. The van der Waals surface area contributed by atoms with E-state index in [0.717, 1.165) is 32.1 Å². The number of allylic oxidation sites excluding steroid dienone is 1. The Morgan fingerprint density at radius 2 is 1.89 bits per heavy atom. The number of aliphatic hydroxyl groups is 3. The van der Waals surface area contributed by atoms with Crippen molar-refractivity contribution in [2.75, 3.05) is 13.7 Å². The Labute approximate surface area is 161 Å². The minimum absolute atomic E-state index is 0.0104. The van der Waals surface area contributed by atoms with Gasteiger partial charge in [0, 0.05) is 12.5 Å². The smallest absolute Gasteiger partial charge is 0.190 e. The van der Waals surface area contributed by atoms with E-state index in [9.17, 15) is 20.1 Å². The van der Waals surface area contributed by atoms with Crippen molar-refractivity contribution < 1.29 is 24.9 Å². The molecule has 0 aromatic carbocycles. The van der Waals surface area contributed by atoms with Gasteiger partial charge >= 0.3 is 0 Å². The van der Waals surface area contributed by atoms with Crippen LogP contribution < -0.4 is 0 Å². The summed E-state index contributed by atoms with van der Waals surface area (Å²) in [5.41, 5.74) is -2.05. The van der Waals surface area contributed by atoms with Crippen LogP contribution in [0.4, 0.5) is 0 Å². The number of hydrogen-bond donors (Lipinski definition) is 3. The average Bonchev–Trinajstić information content (AvgIpc) is 2.85. The molecule has 0 spiro atoms. The van der Waals surface area contributed by atoms with E-state index >= 15 is 0 Å². The van der Waals surface area contributed by atoms with Gasteiger partial charge in [0.2, 0.25) is 0 Å². The fourth-order valence-electron chi connectivity index (χ4n) is 7.32. The summed E-state index contributed by atoms with van der Waals surface area (Å²) in [6.45, 7) is 4.09. The molecule has 3 N–H and O–H groups in total. The standard InChI is InChI=1S/C22H34O5/c1-19-8-6-15(23)12-14(19)4-5-17-16(19)7-9-20(2)21(17,25)10-11-22(20,26)18(24)13-27-3/h4,15-17,23,25-26H,5-13H2,1-3H3/t15-,16+,17-,19-,20-,21-,22+/m0/s1. The summed E-state index contributed by atoms with van der Waals surface area (Å²) < 4.78 is 5.02. The van der Waals surface area contributed by atoms with E-state index in [-0.39, 0.29) is 29.8 Å². The van der Waals surface area contributed by atoms with Crippen LogP contribution in [0.15, 0.2) is 11.6 Å². The van der Waals surface area contributed by atoms with Gasteiger partial charge in [-0.1, -0.05) is 25.5 Å². The van der Waals surface area contributed by atoms with E-state index in [2.05, 4.69) is 13.0 Å². The Hall–Kier alpha value is -0.750. The van der Waals surface area contributed by atoms with Crippen molar-refractivity contribution >= 4 is 5.78 Å². The van der Waals surface area contributed by atoms with Crippen LogP contribution in [0.25, 0.3) is 0 Å². The molecular weight excluding hydrogens is 344 g/mol. The highest BCUT2D eigenvalue weighted by Crippen LogP contribution is 2.68. The first kappa shape index (κ1) is 19.6. The molecule has 0 saturated heterocycles. The minimum atomic E-state index is -1.52. The van der Waals surface area contributed by atoms with Crippen LogP contribution in [0, 0.1) is 22.7 Å². The quantitative estimate of drug-likeness (QED) is 0.657. The zero-order chi connectivity index (χ0) is 19.7. The molecule has 0 aromatic heterocycles. The third kappa shape index (κ3) is 2.35.